The lowest BCUT2D eigenvalue weighted by Crippen LogP contribution is -2.20. The minimum absolute atomic E-state index is 0.178. The lowest BCUT2D eigenvalue weighted by Gasteiger charge is -2.08. The van der Waals surface area contributed by atoms with Gasteiger partial charge in [-0.25, -0.2) is 4.98 Å². The minimum Gasteiger partial charge on any atom is -0.441 e. The van der Waals surface area contributed by atoms with Gasteiger partial charge in [-0.15, -0.1) is 0 Å². The molecular formula is C10H13N3O. The van der Waals surface area contributed by atoms with E-state index in [1.54, 1.807) is 0 Å². The standard InChI is InChI=1S/C10H13N3O/c1-6-13-10-7(8(12)5-11)3-2-4-9(10)14-6/h2-4,8H,5,11-12H2,1H3. The third-order valence-electron chi connectivity index (χ3n) is 2.21. The van der Waals surface area contributed by atoms with E-state index in [1.807, 2.05) is 25.1 Å². The summed E-state index contributed by atoms with van der Waals surface area (Å²) in [4.78, 5) is 4.28. The highest BCUT2D eigenvalue weighted by atomic mass is 16.3. The summed E-state index contributed by atoms with van der Waals surface area (Å²) >= 11 is 0. The molecule has 0 bridgehead atoms. The molecular weight excluding hydrogens is 178 g/mol. The van der Waals surface area contributed by atoms with Crippen LogP contribution in [0.2, 0.25) is 0 Å². The van der Waals surface area contributed by atoms with E-state index >= 15 is 0 Å². The summed E-state index contributed by atoms with van der Waals surface area (Å²) < 4.78 is 5.40. The quantitative estimate of drug-likeness (QED) is 0.745. The van der Waals surface area contributed by atoms with E-state index in [1.165, 1.54) is 0 Å². The van der Waals surface area contributed by atoms with E-state index in [4.69, 9.17) is 15.9 Å². The van der Waals surface area contributed by atoms with Gasteiger partial charge in [0.1, 0.15) is 5.52 Å². The smallest absolute Gasteiger partial charge is 0.192 e. The van der Waals surface area contributed by atoms with Crippen LogP contribution in [0.15, 0.2) is 22.6 Å². The largest absolute Gasteiger partial charge is 0.441 e. The first-order chi connectivity index (χ1) is 6.72. The fraction of sp³-hybridized carbons (Fsp3) is 0.300. The van der Waals surface area contributed by atoms with Crippen molar-refractivity contribution in [2.45, 2.75) is 13.0 Å². The van der Waals surface area contributed by atoms with Crippen LogP contribution in [0.5, 0.6) is 0 Å². The van der Waals surface area contributed by atoms with Gasteiger partial charge in [-0.3, -0.25) is 0 Å². The molecule has 1 aromatic heterocycles. The van der Waals surface area contributed by atoms with Crippen molar-refractivity contribution in [1.29, 1.82) is 0 Å². The lowest BCUT2D eigenvalue weighted by molar-refractivity contribution is 0.561. The third-order valence-corrected chi connectivity index (χ3v) is 2.21. The monoisotopic (exact) mass is 191 g/mol. The van der Waals surface area contributed by atoms with Crippen molar-refractivity contribution in [3.63, 3.8) is 0 Å². The van der Waals surface area contributed by atoms with E-state index < -0.39 is 0 Å². The SMILES string of the molecule is Cc1nc2c(C(N)CN)cccc2o1. The van der Waals surface area contributed by atoms with Crippen LogP contribution < -0.4 is 11.5 Å². The number of para-hydroxylation sites is 1. The van der Waals surface area contributed by atoms with Gasteiger partial charge in [-0.05, 0) is 11.6 Å². The van der Waals surface area contributed by atoms with Crippen molar-refractivity contribution in [1.82, 2.24) is 4.98 Å². The van der Waals surface area contributed by atoms with Crippen LogP contribution in [0.1, 0.15) is 17.5 Å². The van der Waals surface area contributed by atoms with Crippen molar-refractivity contribution in [3.05, 3.63) is 29.7 Å². The van der Waals surface area contributed by atoms with Gasteiger partial charge in [-0.1, -0.05) is 12.1 Å². The van der Waals surface area contributed by atoms with Crippen LogP contribution in [0.25, 0.3) is 11.1 Å². The summed E-state index contributed by atoms with van der Waals surface area (Å²) in [5, 5.41) is 0. The third kappa shape index (κ3) is 1.38. The summed E-state index contributed by atoms with van der Waals surface area (Å²) in [6.07, 6.45) is 0. The zero-order chi connectivity index (χ0) is 10.1. The molecule has 1 unspecified atom stereocenters. The molecule has 0 spiro atoms. The zero-order valence-corrected chi connectivity index (χ0v) is 8.03. The number of rotatable bonds is 2. The first kappa shape index (κ1) is 9.18. The molecule has 0 aliphatic carbocycles. The number of nitrogens with zero attached hydrogens (tertiary/aromatic N) is 1. The van der Waals surface area contributed by atoms with Crippen molar-refractivity contribution in [2.75, 3.05) is 6.54 Å². The second-order valence-corrected chi connectivity index (χ2v) is 3.27. The molecule has 4 heteroatoms. The van der Waals surface area contributed by atoms with E-state index in [-0.39, 0.29) is 6.04 Å². The van der Waals surface area contributed by atoms with Gasteiger partial charge in [0.15, 0.2) is 11.5 Å². The zero-order valence-electron chi connectivity index (χ0n) is 8.03. The van der Waals surface area contributed by atoms with Crippen LogP contribution in [0.3, 0.4) is 0 Å². The van der Waals surface area contributed by atoms with Crippen molar-refractivity contribution < 1.29 is 4.42 Å². The number of nitrogens with two attached hydrogens (primary N) is 2. The second-order valence-electron chi connectivity index (χ2n) is 3.27. The Bertz CT molecular complexity index is 450. The molecule has 1 atom stereocenters. The van der Waals surface area contributed by atoms with Crippen LogP contribution in [-0.2, 0) is 0 Å². The predicted octanol–water partition coefficient (Wildman–Crippen LogP) is 1.09. The van der Waals surface area contributed by atoms with Crippen molar-refractivity contribution >= 4 is 11.1 Å². The van der Waals surface area contributed by atoms with E-state index in [9.17, 15) is 0 Å². The van der Waals surface area contributed by atoms with Crippen molar-refractivity contribution in [3.8, 4) is 0 Å². The van der Waals surface area contributed by atoms with Gasteiger partial charge < -0.3 is 15.9 Å². The molecule has 2 aromatic rings. The predicted molar refractivity (Wildman–Crippen MR) is 54.7 cm³/mol. The Labute approximate surface area is 81.9 Å². The number of hydrogen-bond acceptors (Lipinski definition) is 4. The molecule has 74 valence electrons. The Morgan fingerprint density at radius 2 is 2.29 bits per heavy atom. The average molecular weight is 191 g/mol. The summed E-state index contributed by atoms with van der Waals surface area (Å²) in [6, 6.07) is 5.53. The normalized spacial score (nSPS) is 13.4. The minimum atomic E-state index is -0.178. The molecule has 0 aliphatic rings. The van der Waals surface area contributed by atoms with E-state index in [0.29, 0.717) is 12.4 Å². The van der Waals surface area contributed by atoms with Crippen LogP contribution in [-0.4, -0.2) is 11.5 Å². The Kier molecular flexibility index (Phi) is 2.23. The van der Waals surface area contributed by atoms with Gasteiger partial charge in [0.25, 0.3) is 0 Å². The number of aryl methyl sites for hydroxylation is 1. The maximum Gasteiger partial charge on any atom is 0.192 e. The van der Waals surface area contributed by atoms with Crippen LogP contribution in [0, 0.1) is 6.92 Å². The molecule has 0 fully saturated rings. The Morgan fingerprint density at radius 1 is 1.50 bits per heavy atom. The van der Waals surface area contributed by atoms with Gasteiger partial charge in [0.2, 0.25) is 0 Å². The van der Waals surface area contributed by atoms with Gasteiger partial charge in [-0.2, -0.15) is 0 Å². The van der Waals surface area contributed by atoms with Crippen LogP contribution >= 0.6 is 0 Å². The molecule has 0 radical (unpaired) electrons. The molecule has 0 amide bonds. The highest BCUT2D eigenvalue weighted by molar-refractivity contribution is 5.77. The van der Waals surface area contributed by atoms with E-state index in [0.717, 1.165) is 16.7 Å². The topological polar surface area (TPSA) is 78.1 Å². The first-order valence-corrected chi connectivity index (χ1v) is 4.54. The molecule has 1 aromatic carbocycles. The van der Waals surface area contributed by atoms with Crippen molar-refractivity contribution in [2.24, 2.45) is 11.5 Å². The van der Waals surface area contributed by atoms with Gasteiger partial charge >= 0.3 is 0 Å². The number of aromatic nitrogens is 1. The Balaban J connectivity index is 2.64. The molecule has 4 nitrogen and oxygen atoms in total. The number of oxazole rings is 1. The Morgan fingerprint density at radius 3 is 3.00 bits per heavy atom. The maximum absolute atomic E-state index is 5.86. The summed E-state index contributed by atoms with van der Waals surface area (Å²) in [7, 11) is 0. The average Bonchev–Trinajstić information content (AvgIpc) is 2.56. The highest BCUT2D eigenvalue weighted by Gasteiger charge is 2.11. The number of hydrogen-bond donors (Lipinski definition) is 2. The highest BCUT2D eigenvalue weighted by Crippen LogP contribution is 2.22. The van der Waals surface area contributed by atoms with Crippen LogP contribution in [0.4, 0.5) is 0 Å². The summed E-state index contributed by atoms with van der Waals surface area (Å²) in [5.41, 5.74) is 13.9. The molecule has 0 saturated heterocycles. The summed E-state index contributed by atoms with van der Waals surface area (Å²) in [5.74, 6) is 0.650. The van der Waals surface area contributed by atoms with E-state index in [2.05, 4.69) is 4.98 Å². The maximum atomic E-state index is 5.86. The molecule has 1 heterocycles. The first-order valence-electron chi connectivity index (χ1n) is 4.54. The Hall–Kier alpha value is -1.39. The molecule has 0 aliphatic heterocycles. The summed E-state index contributed by atoms with van der Waals surface area (Å²) in [6.45, 7) is 2.22. The molecule has 2 rings (SSSR count). The molecule has 14 heavy (non-hydrogen) atoms. The fourth-order valence-corrected chi connectivity index (χ4v) is 1.51. The number of fused-ring (bicyclic) bond motifs is 1. The molecule has 4 N–H and O–H groups in total. The van der Waals surface area contributed by atoms with Gasteiger partial charge in [0, 0.05) is 19.5 Å². The second kappa shape index (κ2) is 3.40. The molecule has 0 saturated carbocycles. The fourth-order valence-electron chi connectivity index (χ4n) is 1.51. The van der Waals surface area contributed by atoms with Gasteiger partial charge in [0.05, 0.1) is 0 Å². The lowest BCUT2D eigenvalue weighted by atomic mass is 10.1. The number of benzene rings is 1.